The molecule has 0 spiro atoms. The highest BCUT2D eigenvalue weighted by Gasteiger charge is 2.10. The van der Waals surface area contributed by atoms with E-state index in [0.29, 0.717) is 22.8 Å². The molecule has 0 amide bonds. The Hall–Kier alpha value is -2.96. The summed E-state index contributed by atoms with van der Waals surface area (Å²) < 4.78 is 7.46. The Morgan fingerprint density at radius 1 is 0.957 bits per heavy atom. The van der Waals surface area contributed by atoms with Crippen molar-refractivity contribution in [2.75, 3.05) is 0 Å². The van der Waals surface area contributed by atoms with Gasteiger partial charge in [-0.05, 0) is 29.7 Å². The van der Waals surface area contributed by atoms with E-state index in [1.807, 2.05) is 24.3 Å². The molecule has 0 aliphatic rings. The predicted octanol–water partition coefficient (Wildman–Crippen LogP) is 2.66. The summed E-state index contributed by atoms with van der Waals surface area (Å²) in [6, 6.07) is 11.2. The molecule has 1 aromatic carbocycles. The number of aliphatic hydroxyl groups is 2. The molecule has 0 saturated heterocycles. The van der Waals surface area contributed by atoms with Crippen LogP contribution in [0, 0.1) is 0 Å². The maximum absolute atomic E-state index is 9.27. The van der Waals surface area contributed by atoms with Gasteiger partial charge in [0.05, 0.1) is 11.9 Å². The van der Waals surface area contributed by atoms with Gasteiger partial charge >= 0.3 is 0 Å². The molecule has 0 radical (unpaired) electrons. The first-order valence-electron chi connectivity index (χ1n) is 7.05. The monoisotopic (exact) mass is 307 g/mol. The van der Waals surface area contributed by atoms with Gasteiger partial charge in [-0.25, -0.2) is 4.98 Å². The number of aliphatic hydroxyl groups excluding tert-OH is 1. The maximum Gasteiger partial charge on any atom is 0.196 e. The lowest BCUT2D eigenvalue weighted by atomic mass is 10.2. The zero-order valence-electron chi connectivity index (χ0n) is 12.0. The molecule has 0 aliphatic carbocycles. The summed E-state index contributed by atoms with van der Waals surface area (Å²) in [5, 5.41) is 20.6. The predicted molar refractivity (Wildman–Crippen MR) is 84.2 cm³/mol. The van der Waals surface area contributed by atoms with E-state index in [1.54, 1.807) is 35.1 Å². The van der Waals surface area contributed by atoms with Gasteiger partial charge in [-0.15, -0.1) is 0 Å². The van der Waals surface area contributed by atoms with Gasteiger partial charge in [-0.3, -0.25) is 9.38 Å². The maximum atomic E-state index is 9.27. The van der Waals surface area contributed by atoms with Crippen LogP contribution in [0.25, 0.3) is 16.4 Å². The highest BCUT2D eigenvalue weighted by Crippen LogP contribution is 2.26. The number of ether oxygens (including phenoxy) is 1. The average Bonchev–Trinajstić information content (AvgIpc) is 2.98. The highest BCUT2D eigenvalue weighted by molar-refractivity contribution is 5.82. The molecule has 0 fully saturated rings. The molecule has 2 N–H and O–H groups in total. The Kier molecular flexibility index (Phi) is 3.18. The van der Waals surface area contributed by atoms with Gasteiger partial charge in [0.2, 0.25) is 0 Å². The van der Waals surface area contributed by atoms with Crippen LogP contribution >= 0.6 is 0 Å². The Bertz CT molecular complexity index is 995. The van der Waals surface area contributed by atoms with E-state index in [1.165, 1.54) is 6.20 Å². The third-order valence-electron chi connectivity index (χ3n) is 3.63. The van der Waals surface area contributed by atoms with Crippen LogP contribution in [0.3, 0.4) is 0 Å². The Balaban J connectivity index is 1.68. The normalized spacial score (nSPS) is 11.4. The number of hydrogen-bond donors (Lipinski definition) is 2. The van der Waals surface area contributed by atoms with Crippen LogP contribution in [-0.2, 0) is 0 Å². The summed E-state index contributed by atoms with van der Waals surface area (Å²) in [4.78, 5) is 8.25. The SMILES string of the molecule is OC(O)c1cnc2cc(Oc3ccc4ccncc4c3)ccn12. The molecular weight excluding hydrogens is 294 g/mol. The van der Waals surface area contributed by atoms with Crippen LogP contribution in [-0.4, -0.2) is 24.6 Å². The standard InChI is InChI=1S/C17H13N3O3/c21-17(22)15-10-19-16-8-14(4-6-20(15)16)23-13-2-1-11-3-5-18-9-12(11)7-13/h1-10,17,21-22H. The summed E-state index contributed by atoms with van der Waals surface area (Å²) in [5.41, 5.74) is 0.886. The van der Waals surface area contributed by atoms with E-state index < -0.39 is 6.29 Å². The molecule has 23 heavy (non-hydrogen) atoms. The zero-order valence-corrected chi connectivity index (χ0v) is 12.0. The van der Waals surface area contributed by atoms with E-state index in [2.05, 4.69) is 9.97 Å². The molecule has 0 bridgehead atoms. The lowest BCUT2D eigenvalue weighted by molar-refractivity contribution is -0.0464. The molecule has 0 saturated carbocycles. The molecule has 3 heterocycles. The van der Waals surface area contributed by atoms with Crippen molar-refractivity contribution in [3.63, 3.8) is 0 Å². The lowest BCUT2D eigenvalue weighted by Gasteiger charge is -2.08. The van der Waals surface area contributed by atoms with Crippen LogP contribution in [0.5, 0.6) is 11.5 Å². The fourth-order valence-corrected chi connectivity index (χ4v) is 2.50. The van der Waals surface area contributed by atoms with E-state index in [4.69, 9.17) is 4.74 Å². The van der Waals surface area contributed by atoms with Gasteiger partial charge in [-0.2, -0.15) is 0 Å². The number of nitrogens with zero attached hydrogens (tertiary/aromatic N) is 3. The fourth-order valence-electron chi connectivity index (χ4n) is 2.50. The summed E-state index contributed by atoms with van der Waals surface area (Å²) in [6.45, 7) is 0. The molecular formula is C17H13N3O3. The van der Waals surface area contributed by atoms with Gasteiger partial charge in [0.25, 0.3) is 0 Å². The molecule has 6 heteroatoms. The van der Waals surface area contributed by atoms with Gasteiger partial charge < -0.3 is 14.9 Å². The quantitative estimate of drug-likeness (QED) is 0.569. The number of benzene rings is 1. The fraction of sp³-hybridized carbons (Fsp3) is 0.0588. The van der Waals surface area contributed by atoms with Crippen molar-refractivity contribution in [3.8, 4) is 11.5 Å². The lowest BCUT2D eigenvalue weighted by Crippen LogP contribution is -1.99. The van der Waals surface area contributed by atoms with Gasteiger partial charge in [0.15, 0.2) is 6.29 Å². The minimum Gasteiger partial charge on any atom is -0.457 e. The van der Waals surface area contributed by atoms with Gasteiger partial charge in [-0.1, -0.05) is 6.07 Å². The summed E-state index contributed by atoms with van der Waals surface area (Å²) in [6.07, 6.45) is 5.09. The Morgan fingerprint density at radius 3 is 2.70 bits per heavy atom. The van der Waals surface area contributed by atoms with Gasteiger partial charge in [0.1, 0.15) is 17.1 Å². The number of hydrogen-bond acceptors (Lipinski definition) is 5. The second-order valence-electron chi connectivity index (χ2n) is 5.13. The van der Waals surface area contributed by atoms with Crippen LogP contribution in [0.4, 0.5) is 0 Å². The number of pyridine rings is 2. The van der Waals surface area contributed by atoms with Crippen molar-refractivity contribution < 1.29 is 14.9 Å². The highest BCUT2D eigenvalue weighted by atomic mass is 16.5. The number of imidazole rings is 1. The van der Waals surface area contributed by atoms with E-state index in [0.717, 1.165) is 10.8 Å². The smallest absolute Gasteiger partial charge is 0.196 e. The molecule has 3 aromatic heterocycles. The van der Waals surface area contributed by atoms with Crippen LogP contribution in [0.1, 0.15) is 12.0 Å². The molecule has 6 nitrogen and oxygen atoms in total. The van der Waals surface area contributed by atoms with Crippen molar-refractivity contribution in [2.45, 2.75) is 6.29 Å². The van der Waals surface area contributed by atoms with Crippen LogP contribution in [0.2, 0.25) is 0 Å². The Labute approximate surface area is 131 Å². The minimum absolute atomic E-state index is 0.309. The topological polar surface area (TPSA) is 79.9 Å². The molecule has 0 aliphatic heterocycles. The molecule has 0 unspecified atom stereocenters. The van der Waals surface area contributed by atoms with Crippen molar-refractivity contribution >= 4 is 16.4 Å². The first-order valence-corrected chi connectivity index (χ1v) is 7.05. The first kappa shape index (κ1) is 13.7. The number of aromatic nitrogens is 3. The second kappa shape index (κ2) is 5.35. The third kappa shape index (κ3) is 2.50. The van der Waals surface area contributed by atoms with E-state index in [-0.39, 0.29) is 0 Å². The average molecular weight is 307 g/mol. The minimum atomic E-state index is -1.57. The van der Waals surface area contributed by atoms with Gasteiger partial charge in [0, 0.05) is 30.0 Å². The number of rotatable bonds is 3. The first-order chi connectivity index (χ1) is 11.2. The summed E-state index contributed by atoms with van der Waals surface area (Å²) >= 11 is 0. The van der Waals surface area contributed by atoms with Crippen molar-refractivity contribution in [1.82, 2.24) is 14.4 Å². The van der Waals surface area contributed by atoms with Crippen molar-refractivity contribution in [3.05, 3.63) is 66.9 Å². The van der Waals surface area contributed by atoms with Crippen LogP contribution in [0.15, 0.2) is 61.2 Å². The third-order valence-corrected chi connectivity index (χ3v) is 3.63. The molecule has 0 atom stereocenters. The van der Waals surface area contributed by atoms with Crippen molar-refractivity contribution in [2.24, 2.45) is 0 Å². The molecule has 4 aromatic rings. The molecule has 4 rings (SSSR count). The summed E-state index contributed by atoms with van der Waals surface area (Å²) in [7, 11) is 0. The van der Waals surface area contributed by atoms with Crippen molar-refractivity contribution in [1.29, 1.82) is 0 Å². The largest absolute Gasteiger partial charge is 0.457 e. The van der Waals surface area contributed by atoms with E-state index >= 15 is 0 Å². The molecule has 114 valence electrons. The number of fused-ring (bicyclic) bond motifs is 2. The second-order valence-corrected chi connectivity index (χ2v) is 5.13. The Morgan fingerprint density at radius 2 is 1.83 bits per heavy atom. The van der Waals surface area contributed by atoms with Crippen LogP contribution < -0.4 is 4.74 Å². The summed E-state index contributed by atoms with van der Waals surface area (Å²) in [5.74, 6) is 1.31. The zero-order chi connectivity index (χ0) is 15.8. The van der Waals surface area contributed by atoms with E-state index in [9.17, 15) is 10.2 Å².